The molecule has 4 heteroatoms. The summed E-state index contributed by atoms with van der Waals surface area (Å²) in [5.74, 6) is 0. The first-order valence-corrected chi connectivity index (χ1v) is 31.6. The molecule has 15 aromatic carbocycles. The normalized spacial score (nSPS) is 12.9. The maximum Gasteiger partial charge on any atom is 0.0726 e. The quantitative estimate of drug-likeness (QED) is 0.139. The molecule has 4 nitrogen and oxygen atoms in total. The molecule has 91 heavy (non-hydrogen) atoms. The van der Waals surface area contributed by atoms with E-state index in [1.54, 1.807) is 0 Å². The van der Waals surface area contributed by atoms with Crippen LogP contribution in [-0.2, 0) is 5.41 Å². The van der Waals surface area contributed by atoms with Crippen LogP contribution < -0.4 is 4.90 Å². The van der Waals surface area contributed by atoms with Crippen molar-refractivity contribution in [2.24, 2.45) is 0 Å². The molecule has 3 aromatic heterocycles. The van der Waals surface area contributed by atoms with Crippen LogP contribution in [0.2, 0.25) is 0 Å². The van der Waals surface area contributed by atoms with Crippen molar-refractivity contribution in [1.82, 2.24) is 13.7 Å². The summed E-state index contributed by atoms with van der Waals surface area (Å²) >= 11 is 0. The van der Waals surface area contributed by atoms with E-state index in [1.165, 1.54) is 137 Å². The van der Waals surface area contributed by atoms with E-state index in [1.807, 2.05) is 0 Å². The summed E-state index contributed by atoms with van der Waals surface area (Å²) in [6.07, 6.45) is 0. The Labute approximate surface area is 525 Å². The number of para-hydroxylation sites is 3. The summed E-state index contributed by atoms with van der Waals surface area (Å²) in [4.78, 5) is 2.39. The molecule has 2 aliphatic carbocycles. The van der Waals surface area contributed by atoms with Gasteiger partial charge in [0.05, 0.1) is 38.5 Å². The van der Waals surface area contributed by atoms with Gasteiger partial charge in [-0.15, -0.1) is 0 Å². The molecule has 3 heterocycles. The number of benzene rings is 15. The monoisotopic (exact) mass is 1150 g/mol. The lowest BCUT2D eigenvalue weighted by molar-refractivity contribution is 0.792. The molecule has 0 fully saturated rings. The second-order valence-corrected chi connectivity index (χ2v) is 24.7. The molecule has 422 valence electrons. The molecule has 0 unspecified atom stereocenters. The van der Waals surface area contributed by atoms with Gasteiger partial charge in [0.15, 0.2) is 0 Å². The molecule has 0 aliphatic heterocycles. The Morgan fingerprint density at radius 1 is 0.220 bits per heavy atom. The van der Waals surface area contributed by atoms with Crippen LogP contribution in [0.1, 0.15) is 22.3 Å². The zero-order valence-electron chi connectivity index (χ0n) is 49.5. The largest absolute Gasteiger partial charge is 0.310 e. The molecule has 0 amide bonds. The smallest absolute Gasteiger partial charge is 0.0726 e. The Bertz CT molecular complexity index is 5870. The van der Waals surface area contributed by atoms with Gasteiger partial charge >= 0.3 is 0 Å². The van der Waals surface area contributed by atoms with Crippen LogP contribution >= 0.6 is 0 Å². The van der Waals surface area contributed by atoms with Gasteiger partial charge in [0.25, 0.3) is 0 Å². The number of fused-ring (bicyclic) bond motifs is 18. The van der Waals surface area contributed by atoms with Crippen LogP contribution in [0.3, 0.4) is 0 Å². The van der Waals surface area contributed by atoms with E-state index in [9.17, 15) is 0 Å². The number of hydrogen-bond acceptors (Lipinski definition) is 1. The van der Waals surface area contributed by atoms with E-state index >= 15 is 0 Å². The fourth-order valence-corrected chi connectivity index (χ4v) is 16.5. The maximum atomic E-state index is 2.63. The van der Waals surface area contributed by atoms with Crippen molar-refractivity contribution >= 4 is 93.3 Å². The van der Waals surface area contributed by atoms with Crippen LogP contribution in [0, 0.1) is 0 Å². The zero-order valence-corrected chi connectivity index (χ0v) is 49.5. The van der Waals surface area contributed by atoms with E-state index in [2.05, 4.69) is 346 Å². The minimum Gasteiger partial charge on any atom is -0.310 e. The first-order valence-electron chi connectivity index (χ1n) is 31.6. The van der Waals surface area contributed by atoms with Gasteiger partial charge in [0.1, 0.15) is 0 Å². The summed E-state index contributed by atoms with van der Waals surface area (Å²) in [5, 5.41) is 9.71. The molecular weight excluding hydrogens is 1100 g/mol. The van der Waals surface area contributed by atoms with Crippen molar-refractivity contribution < 1.29 is 0 Å². The number of aromatic nitrogens is 3. The highest BCUT2D eigenvalue weighted by molar-refractivity contribution is 6.37. The highest BCUT2D eigenvalue weighted by atomic mass is 15.1. The van der Waals surface area contributed by atoms with Crippen LogP contribution in [0.5, 0.6) is 0 Å². The summed E-state index contributed by atoms with van der Waals surface area (Å²) < 4.78 is 7.70. The van der Waals surface area contributed by atoms with E-state index in [4.69, 9.17) is 0 Å². The molecule has 0 bridgehead atoms. The summed E-state index contributed by atoms with van der Waals surface area (Å²) in [7, 11) is 0. The van der Waals surface area contributed by atoms with Crippen LogP contribution in [0.4, 0.5) is 17.1 Å². The third-order valence-corrected chi connectivity index (χ3v) is 20.2. The highest BCUT2D eigenvalue weighted by Gasteiger charge is 2.51. The lowest BCUT2D eigenvalue weighted by Crippen LogP contribution is -2.26. The molecule has 20 rings (SSSR count). The Hall–Kier alpha value is -12.0. The zero-order chi connectivity index (χ0) is 59.5. The number of hydrogen-bond donors (Lipinski definition) is 0. The summed E-state index contributed by atoms with van der Waals surface area (Å²) in [6, 6.07) is 122. The lowest BCUT2D eigenvalue weighted by Gasteiger charge is -2.30. The lowest BCUT2D eigenvalue weighted by atomic mass is 9.70. The SMILES string of the molecule is c1ccc(-c2ccc(-n3c4ccccc4c4cc5c6c(ccc7c6c(cc6c8cc(N(c9ccccc9)c9ccccc9)ccc8n(-c8ccc(-c9ccccc9)cc8)c67)n5-c5ccc6c(c5)C5(c7ccccc7-c7ccccc75)c5ccccc5-6)c43)cc2)cc1. The third-order valence-electron chi connectivity index (χ3n) is 20.2. The van der Waals surface area contributed by atoms with Crippen LogP contribution in [-0.4, -0.2) is 13.7 Å². The molecule has 0 N–H and O–H groups in total. The molecular formula is C87H54N4. The minimum atomic E-state index is -0.521. The summed E-state index contributed by atoms with van der Waals surface area (Å²) in [6.45, 7) is 0. The van der Waals surface area contributed by atoms with Crippen molar-refractivity contribution in [3.05, 3.63) is 350 Å². The molecule has 18 aromatic rings. The van der Waals surface area contributed by atoms with Crippen molar-refractivity contribution in [3.63, 3.8) is 0 Å². The Morgan fingerprint density at radius 3 is 1.14 bits per heavy atom. The first-order chi connectivity index (χ1) is 45.2. The van der Waals surface area contributed by atoms with Crippen LogP contribution in [0.15, 0.2) is 328 Å². The number of rotatable bonds is 8. The van der Waals surface area contributed by atoms with Gasteiger partial charge < -0.3 is 18.6 Å². The first kappa shape index (κ1) is 50.1. The summed E-state index contributed by atoms with van der Waals surface area (Å²) in [5.41, 5.74) is 28.4. The van der Waals surface area contributed by atoms with Gasteiger partial charge in [-0.2, -0.15) is 0 Å². The Kier molecular flexibility index (Phi) is 10.5. The van der Waals surface area contributed by atoms with E-state index < -0.39 is 5.41 Å². The van der Waals surface area contributed by atoms with E-state index in [-0.39, 0.29) is 0 Å². The van der Waals surface area contributed by atoms with Gasteiger partial charge in [-0.1, -0.05) is 231 Å². The van der Waals surface area contributed by atoms with Gasteiger partial charge in [0.2, 0.25) is 0 Å². The van der Waals surface area contributed by atoms with Crippen molar-refractivity contribution in [3.8, 4) is 61.6 Å². The Morgan fingerprint density at radius 2 is 0.626 bits per heavy atom. The second kappa shape index (κ2) is 19.0. The van der Waals surface area contributed by atoms with Gasteiger partial charge in [-0.3, -0.25) is 0 Å². The number of nitrogens with zero attached hydrogens (tertiary/aromatic N) is 4. The van der Waals surface area contributed by atoms with Gasteiger partial charge in [-0.25, -0.2) is 0 Å². The number of anilines is 3. The molecule has 0 atom stereocenters. The van der Waals surface area contributed by atoms with E-state index in [0.29, 0.717) is 0 Å². The Balaban J connectivity index is 0.925. The van der Waals surface area contributed by atoms with Gasteiger partial charge in [-0.05, 0) is 164 Å². The van der Waals surface area contributed by atoms with Crippen molar-refractivity contribution in [2.45, 2.75) is 5.41 Å². The predicted octanol–water partition coefficient (Wildman–Crippen LogP) is 22.7. The molecule has 0 saturated heterocycles. The fourth-order valence-electron chi connectivity index (χ4n) is 16.5. The topological polar surface area (TPSA) is 18.0 Å². The average Bonchev–Trinajstić information content (AvgIpc) is 1.52. The molecule has 0 saturated carbocycles. The fraction of sp³-hybridized carbons (Fsp3) is 0.0115. The minimum absolute atomic E-state index is 0.521. The molecule has 2 aliphatic rings. The predicted molar refractivity (Wildman–Crippen MR) is 380 cm³/mol. The second-order valence-electron chi connectivity index (χ2n) is 24.7. The molecule has 1 spiro atoms. The maximum absolute atomic E-state index is 2.63. The van der Waals surface area contributed by atoms with Crippen LogP contribution in [0.25, 0.3) is 138 Å². The van der Waals surface area contributed by atoms with Crippen molar-refractivity contribution in [2.75, 3.05) is 4.90 Å². The standard InChI is InChI=1S/C87H54N4/c1-5-21-55(22-6-1)57-37-41-61(42-38-57)90-79-36-20-16-32-69(79)73-53-81-83-70(85(73)90)48-49-71-84(83)82(89(81)64-45-47-68-67-31-15-19-35-77(67)87(78(68)52-64)75-33-17-13-29-65(75)66-30-14-18-34-76(66)87)54-74-72-51-63(88(59-25-9-3-10-26-59)60-27-11-4-12-28-60)46-50-80(72)91(86(71)74)62-43-39-58(40-44-62)56-23-7-2-8-24-56/h1-54H. The molecule has 0 radical (unpaired) electrons. The average molecular weight is 1160 g/mol. The third kappa shape index (κ3) is 6.93. The highest BCUT2D eigenvalue weighted by Crippen LogP contribution is 2.63. The van der Waals surface area contributed by atoms with Gasteiger partial charge in [0, 0.05) is 77.2 Å². The van der Waals surface area contributed by atoms with E-state index in [0.717, 1.165) is 39.6 Å². The van der Waals surface area contributed by atoms with Crippen molar-refractivity contribution in [1.29, 1.82) is 0 Å².